The summed E-state index contributed by atoms with van der Waals surface area (Å²) in [6.07, 6.45) is 6.37. The molecule has 0 saturated heterocycles. The lowest BCUT2D eigenvalue weighted by Crippen LogP contribution is -2.18. The van der Waals surface area contributed by atoms with Crippen LogP contribution >= 0.6 is 0 Å². The van der Waals surface area contributed by atoms with E-state index in [9.17, 15) is 0 Å². The molecule has 0 heterocycles. The molecule has 0 amide bonds. The Hall–Kier alpha value is -1.02. The zero-order valence-corrected chi connectivity index (χ0v) is 11.7. The van der Waals surface area contributed by atoms with Gasteiger partial charge in [0.2, 0.25) is 0 Å². The van der Waals surface area contributed by atoms with Gasteiger partial charge in [0.05, 0.1) is 6.10 Å². The van der Waals surface area contributed by atoms with Crippen molar-refractivity contribution in [3.8, 4) is 5.75 Å². The van der Waals surface area contributed by atoms with Crippen LogP contribution in [0.4, 0.5) is 0 Å². The smallest absolute Gasteiger partial charge is 0.119 e. The van der Waals surface area contributed by atoms with Crippen molar-refractivity contribution in [1.29, 1.82) is 0 Å². The highest BCUT2D eigenvalue weighted by Gasteiger charge is 2.12. The maximum absolute atomic E-state index is 5.99. The van der Waals surface area contributed by atoms with E-state index in [-0.39, 0.29) is 0 Å². The van der Waals surface area contributed by atoms with Gasteiger partial charge in [-0.05, 0) is 75.4 Å². The van der Waals surface area contributed by atoms with E-state index in [1.54, 1.807) is 0 Å². The van der Waals surface area contributed by atoms with Crippen molar-refractivity contribution in [2.45, 2.75) is 52.1 Å². The summed E-state index contributed by atoms with van der Waals surface area (Å²) in [6.45, 7) is 6.46. The average Bonchev–Trinajstić information content (AvgIpc) is 2.82. The molecule has 0 radical (unpaired) electrons. The van der Waals surface area contributed by atoms with Gasteiger partial charge in [0, 0.05) is 0 Å². The number of fused-ring (bicyclic) bond motifs is 1. The summed E-state index contributed by atoms with van der Waals surface area (Å²) in [7, 11) is 0. The molecule has 0 aliphatic heterocycles. The zero-order chi connectivity index (χ0) is 12.8. The predicted molar refractivity (Wildman–Crippen MR) is 76.3 cm³/mol. The Balaban J connectivity index is 1.78. The minimum Gasteiger partial charge on any atom is -0.491 e. The van der Waals surface area contributed by atoms with Gasteiger partial charge >= 0.3 is 0 Å². The van der Waals surface area contributed by atoms with Crippen LogP contribution in [0.1, 0.15) is 44.2 Å². The van der Waals surface area contributed by atoms with Crippen molar-refractivity contribution >= 4 is 0 Å². The second-order valence-corrected chi connectivity index (χ2v) is 5.21. The number of nitrogens with one attached hydrogen (secondary N) is 1. The third-order valence-electron chi connectivity index (χ3n) is 3.62. The van der Waals surface area contributed by atoms with Gasteiger partial charge in [-0.15, -0.1) is 0 Å². The van der Waals surface area contributed by atoms with Gasteiger partial charge in [0.15, 0.2) is 0 Å². The minimum absolute atomic E-state index is 0.308. The summed E-state index contributed by atoms with van der Waals surface area (Å²) >= 11 is 0. The van der Waals surface area contributed by atoms with Crippen LogP contribution in [0.25, 0.3) is 0 Å². The fraction of sp³-hybridized carbons (Fsp3) is 0.625. The summed E-state index contributed by atoms with van der Waals surface area (Å²) in [5.74, 6) is 1.05. The fourth-order valence-electron chi connectivity index (χ4n) is 2.60. The summed E-state index contributed by atoms with van der Waals surface area (Å²) < 4.78 is 5.99. The van der Waals surface area contributed by atoms with Crippen LogP contribution in [0.3, 0.4) is 0 Å². The van der Waals surface area contributed by atoms with Crippen LogP contribution in [0.2, 0.25) is 0 Å². The first-order chi connectivity index (χ1) is 8.79. The summed E-state index contributed by atoms with van der Waals surface area (Å²) in [5, 5.41) is 3.35. The average molecular weight is 247 g/mol. The molecule has 0 saturated carbocycles. The summed E-state index contributed by atoms with van der Waals surface area (Å²) in [4.78, 5) is 0. The Morgan fingerprint density at radius 3 is 2.94 bits per heavy atom. The summed E-state index contributed by atoms with van der Waals surface area (Å²) in [5.41, 5.74) is 3.01. The molecule has 1 atom stereocenters. The monoisotopic (exact) mass is 247 g/mol. The van der Waals surface area contributed by atoms with E-state index in [4.69, 9.17) is 4.74 Å². The van der Waals surface area contributed by atoms with Crippen LogP contribution < -0.4 is 10.1 Å². The van der Waals surface area contributed by atoms with Crippen LogP contribution in [-0.2, 0) is 12.8 Å². The molecule has 0 fully saturated rings. The van der Waals surface area contributed by atoms with Gasteiger partial charge in [0.25, 0.3) is 0 Å². The fourth-order valence-corrected chi connectivity index (χ4v) is 2.60. The van der Waals surface area contributed by atoms with Crippen LogP contribution in [0, 0.1) is 0 Å². The van der Waals surface area contributed by atoms with E-state index >= 15 is 0 Å². The third kappa shape index (κ3) is 3.74. The molecule has 0 aromatic heterocycles. The molecule has 18 heavy (non-hydrogen) atoms. The quantitative estimate of drug-likeness (QED) is 0.746. The Labute approximate surface area is 111 Å². The molecule has 0 spiro atoms. The lowest BCUT2D eigenvalue weighted by molar-refractivity contribution is 0.207. The molecule has 1 aromatic rings. The normalized spacial score (nSPS) is 15.4. The number of hydrogen-bond acceptors (Lipinski definition) is 2. The van der Waals surface area contributed by atoms with E-state index in [0.29, 0.717) is 6.10 Å². The molecule has 2 heteroatoms. The highest BCUT2D eigenvalue weighted by molar-refractivity contribution is 5.38. The number of hydrogen-bond donors (Lipinski definition) is 1. The van der Waals surface area contributed by atoms with Gasteiger partial charge in [-0.3, -0.25) is 0 Å². The third-order valence-corrected chi connectivity index (χ3v) is 3.62. The molecule has 2 nitrogen and oxygen atoms in total. The predicted octanol–water partition coefficient (Wildman–Crippen LogP) is 3.33. The molecule has 1 aliphatic rings. The standard InChI is InChI=1S/C16H25NO/c1-3-17-11-5-6-13(2)18-16-10-9-14-7-4-8-15(14)12-16/h9-10,12-13,17H,3-8,11H2,1-2H3. The van der Waals surface area contributed by atoms with Crippen molar-refractivity contribution in [3.63, 3.8) is 0 Å². The van der Waals surface area contributed by atoms with Crippen molar-refractivity contribution in [2.24, 2.45) is 0 Å². The molecule has 1 N–H and O–H groups in total. The number of benzene rings is 1. The zero-order valence-electron chi connectivity index (χ0n) is 11.7. The van der Waals surface area contributed by atoms with Crippen molar-refractivity contribution in [3.05, 3.63) is 29.3 Å². The molecule has 1 aliphatic carbocycles. The van der Waals surface area contributed by atoms with E-state index in [2.05, 4.69) is 37.4 Å². The van der Waals surface area contributed by atoms with E-state index < -0.39 is 0 Å². The first kappa shape index (κ1) is 13.4. The Kier molecular flexibility index (Phi) is 5.06. The lowest BCUT2D eigenvalue weighted by atomic mass is 10.1. The molecule has 1 aromatic carbocycles. The molecule has 0 bridgehead atoms. The van der Waals surface area contributed by atoms with Crippen LogP contribution in [0.5, 0.6) is 5.75 Å². The molecule has 100 valence electrons. The van der Waals surface area contributed by atoms with E-state index in [1.807, 2.05) is 0 Å². The van der Waals surface area contributed by atoms with Crippen molar-refractivity contribution in [2.75, 3.05) is 13.1 Å². The van der Waals surface area contributed by atoms with Gasteiger partial charge < -0.3 is 10.1 Å². The lowest BCUT2D eigenvalue weighted by Gasteiger charge is -2.15. The highest BCUT2D eigenvalue weighted by atomic mass is 16.5. The Morgan fingerprint density at radius 2 is 2.11 bits per heavy atom. The van der Waals surface area contributed by atoms with Crippen LogP contribution in [-0.4, -0.2) is 19.2 Å². The molecular weight excluding hydrogens is 222 g/mol. The topological polar surface area (TPSA) is 21.3 Å². The van der Waals surface area contributed by atoms with Crippen molar-refractivity contribution < 1.29 is 4.74 Å². The highest BCUT2D eigenvalue weighted by Crippen LogP contribution is 2.26. The number of rotatable bonds is 7. The Morgan fingerprint density at radius 1 is 1.28 bits per heavy atom. The summed E-state index contributed by atoms with van der Waals surface area (Å²) in [6, 6.07) is 6.61. The molecule has 1 unspecified atom stereocenters. The van der Waals surface area contributed by atoms with Gasteiger partial charge in [0.1, 0.15) is 5.75 Å². The van der Waals surface area contributed by atoms with E-state index in [0.717, 1.165) is 25.3 Å². The largest absolute Gasteiger partial charge is 0.491 e. The molecular formula is C16H25NO. The van der Waals surface area contributed by atoms with Gasteiger partial charge in [-0.25, -0.2) is 0 Å². The second-order valence-electron chi connectivity index (χ2n) is 5.21. The molecule has 2 rings (SSSR count). The minimum atomic E-state index is 0.308. The maximum atomic E-state index is 5.99. The van der Waals surface area contributed by atoms with Gasteiger partial charge in [-0.1, -0.05) is 13.0 Å². The maximum Gasteiger partial charge on any atom is 0.119 e. The van der Waals surface area contributed by atoms with Crippen molar-refractivity contribution in [1.82, 2.24) is 5.32 Å². The first-order valence-electron chi connectivity index (χ1n) is 7.28. The first-order valence-corrected chi connectivity index (χ1v) is 7.28. The number of aryl methyl sites for hydroxylation is 2. The Bertz CT molecular complexity index is 375. The SMILES string of the molecule is CCNCCCC(C)Oc1ccc2c(c1)CCC2. The van der Waals surface area contributed by atoms with E-state index in [1.165, 1.54) is 36.8 Å². The van der Waals surface area contributed by atoms with Gasteiger partial charge in [-0.2, -0.15) is 0 Å². The second kappa shape index (κ2) is 6.79. The van der Waals surface area contributed by atoms with Crippen LogP contribution in [0.15, 0.2) is 18.2 Å². The number of ether oxygens (including phenoxy) is 1.